The van der Waals surface area contributed by atoms with Crippen LogP contribution in [0.4, 0.5) is 5.69 Å². The summed E-state index contributed by atoms with van der Waals surface area (Å²) in [6.07, 6.45) is 0.753. The average molecular weight is 333 g/mol. The zero-order valence-corrected chi connectivity index (χ0v) is 13.2. The van der Waals surface area contributed by atoms with Crippen LogP contribution in [0.3, 0.4) is 0 Å². The molecule has 2 rings (SSSR count). The van der Waals surface area contributed by atoms with Gasteiger partial charge in [0.1, 0.15) is 11.0 Å². The van der Waals surface area contributed by atoms with Gasteiger partial charge in [-0.05, 0) is 24.6 Å². The molecule has 0 bridgehead atoms. The molecule has 21 heavy (non-hydrogen) atoms. The fourth-order valence-corrected chi connectivity index (χ4v) is 3.09. The molecule has 0 spiro atoms. The van der Waals surface area contributed by atoms with Crippen LogP contribution in [0.1, 0.15) is 19.8 Å². The van der Waals surface area contributed by atoms with Gasteiger partial charge in [-0.1, -0.05) is 18.5 Å². The number of ether oxygens (including phenoxy) is 1. The van der Waals surface area contributed by atoms with E-state index >= 15 is 0 Å². The van der Waals surface area contributed by atoms with Gasteiger partial charge in [0.15, 0.2) is 0 Å². The molecule has 1 atom stereocenters. The number of primary sulfonamides is 1. The largest absolute Gasteiger partial charge is 0.492 e. The zero-order chi connectivity index (χ0) is 15.6. The van der Waals surface area contributed by atoms with Crippen molar-refractivity contribution >= 4 is 33.2 Å². The van der Waals surface area contributed by atoms with Crippen molar-refractivity contribution < 1.29 is 17.9 Å². The Morgan fingerprint density at radius 3 is 2.71 bits per heavy atom. The quantitative estimate of drug-likeness (QED) is 0.885. The molecule has 116 valence electrons. The number of amides is 1. The summed E-state index contributed by atoms with van der Waals surface area (Å²) in [4.78, 5) is 13.3. The van der Waals surface area contributed by atoms with Gasteiger partial charge in [-0.3, -0.25) is 4.79 Å². The van der Waals surface area contributed by atoms with E-state index in [1.54, 1.807) is 18.2 Å². The number of nitrogens with zero attached hydrogens (tertiary/aromatic N) is 1. The summed E-state index contributed by atoms with van der Waals surface area (Å²) in [5, 5.41) is 4.61. The van der Waals surface area contributed by atoms with Gasteiger partial charge in [0.05, 0.1) is 11.6 Å². The smallest absolute Gasteiger partial charge is 0.228 e. The summed E-state index contributed by atoms with van der Waals surface area (Å²) in [5.41, 5.74) is 0.542. The SMILES string of the molecule is CCCOc1ccc(N2CC(S(N)(=O)=O)CC2=O)cc1Cl. The number of benzene rings is 1. The molecule has 0 radical (unpaired) electrons. The number of hydrogen-bond acceptors (Lipinski definition) is 4. The van der Waals surface area contributed by atoms with Gasteiger partial charge in [0.2, 0.25) is 15.9 Å². The van der Waals surface area contributed by atoms with E-state index in [0.717, 1.165) is 6.42 Å². The second kappa shape index (κ2) is 6.21. The summed E-state index contributed by atoms with van der Waals surface area (Å²) in [5.74, 6) is 0.254. The minimum atomic E-state index is -3.73. The molecule has 1 heterocycles. The molecule has 1 aliphatic rings. The molecule has 0 aliphatic carbocycles. The van der Waals surface area contributed by atoms with E-state index < -0.39 is 15.3 Å². The molecule has 1 aromatic rings. The summed E-state index contributed by atoms with van der Waals surface area (Å²) >= 11 is 6.11. The number of hydrogen-bond donors (Lipinski definition) is 1. The van der Waals surface area contributed by atoms with E-state index in [4.69, 9.17) is 21.5 Å². The molecule has 0 saturated carbocycles. The lowest BCUT2D eigenvalue weighted by atomic mass is 10.2. The molecule has 1 aromatic carbocycles. The second-order valence-corrected chi connectivity index (χ2v) is 7.13. The first-order chi connectivity index (χ1) is 9.82. The van der Waals surface area contributed by atoms with E-state index in [0.29, 0.717) is 23.1 Å². The number of anilines is 1. The third-order valence-corrected chi connectivity index (χ3v) is 4.78. The second-order valence-electron chi connectivity index (χ2n) is 4.88. The Morgan fingerprint density at radius 2 is 2.19 bits per heavy atom. The number of carbonyl (C=O) groups is 1. The van der Waals surface area contributed by atoms with Crippen LogP contribution in [0, 0.1) is 0 Å². The topological polar surface area (TPSA) is 89.7 Å². The van der Waals surface area contributed by atoms with E-state index in [-0.39, 0.29) is 18.9 Å². The fourth-order valence-electron chi connectivity index (χ4n) is 2.13. The van der Waals surface area contributed by atoms with E-state index in [2.05, 4.69) is 0 Å². The van der Waals surface area contributed by atoms with Gasteiger partial charge >= 0.3 is 0 Å². The van der Waals surface area contributed by atoms with E-state index in [1.165, 1.54) is 4.90 Å². The van der Waals surface area contributed by atoms with Crippen molar-refractivity contribution in [1.29, 1.82) is 0 Å². The molecule has 1 unspecified atom stereocenters. The summed E-state index contributed by atoms with van der Waals surface area (Å²) in [6.45, 7) is 2.58. The standard InChI is InChI=1S/C13H17ClN2O4S/c1-2-5-20-12-4-3-9(6-11(12)14)16-8-10(7-13(16)17)21(15,18)19/h3-4,6,10H,2,5,7-8H2,1H3,(H2,15,18,19). The number of nitrogens with two attached hydrogens (primary N) is 1. The first-order valence-electron chi connectivity index (χ1n) is 6.57. The van der Waals surface area contributed by atoms with Crippen molar-refractivity contribution in [2.75, 3.05) is 18.1 Å². The van der Waals surface area contributed by atoms with Crippen LogP contribution in [0.2, 0.25) is 5.02 Å². The van der Waals surface area contributed by atoms with Gasteiger partial charge in [-0.25, -0.2) is 13.6 Å². The fraction of sp³-hybridized carbons (Fsp3) is 0.462. The van der Waals surface area contributed by atoms with Crippen LogP contribution < -0.4 is 14.8 Å². The molecule has 1 saturated heterocycles. The Labute approximate surface area is 128 Å². The Hall–Kier alpha value is -1.31. The normalized spacial score (nSPS) is 19.1. The minimum absolute atomic E-state index is 0.0448. The van der Waals surface area contributed by atoms with Gasteiger partial charge in [-0.2, -0.15) is 0 Å². The number of sulfonamides is 1. The van der Waals surface area contributed by atoms with E-state index in [1.807, 2.05) is 6.92 Å². The van der Waals surface area contributed by atoms with Crippen molar-refractivity contribution in [1.82, 2.24) is 0 Å². The third-order valence-electron chi connectivity index (χ3n) is 3.24. The van der Waals surface area contributed by atoms with Crippen LogP contribution in [0.25, 0.3) is 0 Å². The first-order valence-corrected chi connectivity index (χ1v) is 8.56. The third kappa shape index (κ3) is 3.66. The highest BCUT2D eigenvalue weighted by molar-refractivity contribution is 7.89. The van der Waals surface area contributed by atoms with Gasteiger partial charge in [0, 0.05) is 18.7 Å². The predicted octanol–water partition coefficient (Wildman–Crippen LogP) is 1.52. The predicted molar refractivity (Wildman–Crippen MR) is 81.1 cm³/mol. The lowest BCUT2D eigenvalue weighted by molar-refractivity contribution is -0.117. The maximum atomic E-state index is 11.9. The van der Waals surface area contributed by atoms with Crippen molar-refractivity contribution in [2.45, 2.75) is 25.0 Å². The van der Waals surface area contributed by atoms with Crippen LogP contribution >= 0.6 is 11.6 Å². The number of halogens is 1. The lowest BCUT2D eigenvalue weighted by Gasteiger charge is -2.17. The first kappa shape index (κ1) is 16.1. The highest BCUT2D eigenvalue weighted by atomic mass is 35.5. The molecule has 1 fully saturated rings. The summed E-state index contributed by atoms with van der Waals surface area (Å²) in [6, 6.07) is 4.95. The Kier molecular flexibility index (Phi) is 4.75. The summed E-state index contributed by atoms with van der Waals surface area (Å²) in [7, 11) is -3.73. The number of rotatable bonds is 5. The summed E-state index contributed by atoms with van der Waals surface area (Å²) < 4.78 is 28.2. The van der Waals surface area contributed by atoms with Crippen LogP contribution in [-0.4, -0.2) is 32.7 Å². The average Bonchev–Trinajstić information content (AvgIpc) is 2.79. The van der Waals surface area contributed by atoms with Crippen molar-refractivity contribution in [2.24, 2.45) is 5.14 Å². The van der Waals surface area contributed by atoms with Gasteiger partial charge in [0.25, 0.3) is 0 Å². The molecule has 0 aromatic heterocycles. The monoisotopic (exact) mass is 332 g/mol. The lowest BCUT2D eigenvalue weighted by Crippen LogP contribution is -2.32. The van der Waals surface area contributed by atoms with Gasteiger partial charge < -0.3 is 9.64 Å². The molecule has 1 aliphatic heterocycles. The molecule has 6 nitrogen and oxygen atoms in total. The van der Waals surface area contributed by atoms with Gasteiger partial charge in [-0.15, -0.1) is 0 Å². The highest BCUT2D eigenvalue weighted by Crippen LogP contribution is 2.32. The molecule has 8 heteroatoms. The Balaban J connectivity index is 2.19. The maximum Gasteiger partial charge on any atom is 0.228 e. The minimum Gasteiger partial charge on any atom is -0.492 e. The Bertz CT molecular complexity index is 648. The molecular weight excluding hydrogens is 316 g/mol. The highest BCUT2D eigenvalue weighted by Gasteiger charge is 2.37. The van der Waals surface area contributed by atoms with E-state index in [9.17, 15) is 13.2 Å². The molecule has 1 amide bonds. The van der Waals surface area contributed by atoms with Crippen LogP contribution in [0.15, 0.2) is 18.2 Å². The van der Waals surface area contributed by atoms with Crippen molar-refractivity contribution in [3.8, 4) is 5.75 Å². The molecular formula is C13H17ClN2O4S. The molecule has 2 N–H and O–H groups in total. The maximum absolute atomic E-state index is 11.9. The van der Waals surface area contributed by atoms with Crippen molar-refractivity contribution in [3.63, 3.8) is 0 Å². The number of carbonyl (C=O) groups excluding carboxylic acids is 1. The zero-order valence-electron chi connectivity index (χ0n) is 11.6. The van der Waals surface area contributed by atoms with Crippen molar-refractivity contribution in [3.05, 3.63) is 23.2 Å². The van der Waals surface area contributed by atoms with Crippen LogP contribution in [0.5, 0.6) is 5.75 Å². The Morgan fingerprint density at radius 1 is 1.48 bits per heavy atom. The van der Waals surface area contributed by atoms with Crippen LogP contribution in [-0.2, 0) is 14.8 Å².